The lowest BCUT2D eigenvalue weighted by Crippen LogP contribution is -2.21. The smallest absolute Gasteiger partial charge is 0.253 e. The van der Waals surface area contributed by atoms with E-state index < -0.39 is 6.10 Å². The first-order valence-electron chi connectivity index (χ1n) is 10.5. The van der Waals surface area contributed by atoms with Crippen molar-refractivity contribution in [1.82, 2.24) is 0 Å². The van der Waals surface area contributed by atoms with Gasteiger partial charge in [0, 0.05) is 5.56 Å². The number of nitrogens with zero attached hydrogens (tertiary/aromatic N) is 1. The van der Waals surface area contributed by atoms with Crippen molar-refractivity contribution >= 4 is 23.0 Å². The molecule has 0 saturated heterocycles. The summed E-state index contributed by atoms with van der Waals surface area (Å²) in [6, 6.07) is 3.81. The standard InChI is InChI=1S/C24H34N2O4S/c1-7-21-19(8-14(2)3)13-31-23(21)24(26-25)30-17(6)18-9-15(4)22(16(5)10-18)29-12-20(28)11-27/h9-10,13-14,20,27-28H,6-8,11-12,25H2,1-5H3/b26-24-. The second-order valence-electron chi connectivity index (χ2n) is 8.07. The van der Waals surface area contributed by atoms with Gasteiger partial charge in [0.05, 0.1) is 11.5 Å². The van der Waals surface area contributed by atoms with Crippen molar-refractivity contribution in [3.63, 3.8) is 0 Å². The number of rotatable bonds is 10. The van der Waals surface area contributed by atoms with Crippen molar-refractivity contribution in [1.29, 1.82) is 0 Å². The van der Waals surface area contributed by atoms with Crippen LogP contribution in [-0.4, -0.2) is 35.4 Å². The fourth-order valence-electron chi connectivity index (χ4n) is 3.47. The summed E-state index contributed by atoms with van der Waals surface area (Å²) in [5.74, 6) is 7.73. The van der Waals surface area contributed by atoms with Gasteiger partial charge in [-0.1, -0.05) is 27.4 Å². The van der Waals surface area contributed by atoms with Gasteiger partial charge >= 0.3 is 0 Å². The van der Waals surface area contributed by atoms with Crippen molar-refractivity contribution in [2.45, 2.75) is 53.6 Å². The maximum atomic E-state index is 9.54. The summed E-state index contributed by atoms with van der Waals surface area (Å²) in [5.41, 5.74) is 5.07. The first-order valence-corrected chi connectivity index (χ1v) is 11.4. The van der Waals surface area contributed by atoms with E-state index in [0.717, 1.165) is 34.4 Å². The molecule has 0 aliphatic rings. The minimum absolute atomic E-state index is 0.0236. The number of thiophene rings is 1. The Morgan fingerprint density at radius 2 is 1.90 bits per heavy atom. The van der Waals surface area contributed by atoms with Gasteiger partial charge in [0.15, 0.2) is 0 Å². The van der Waals surface area contributed by atoms with E-state index in [2.05, 4.69) is 37.8 Å². The fraction of sp³-hybridized carbons (Fsp3) is 0.458. The van der Waals surface area contributed by atoms with Gasteiger partial charge in [-0.25, -0.2) is 0 Å². The lowest BCUT2D eigenvalue weighted by atomic mass is 9.99. The predicted octanol–water partition coefficient (Wildman–Crippen LogP) is 4.17. The average Bonchev–Trinajstić information content (AvgIpc) is 3.12. The first kappa shape index (κ1) is 24.9. The number of nitrogens with two attached hydrogens (primary N) is 1. The van der Waals surface area contributed by atoms with Crippen LogP contribution in [0.5, 0.6) is 5.75 Å². The molecule has 0 radical (unpaired) electrons. The molecule has 1 aromatic carbocycles. The summed E-state index contributed by atoms with van der Waals surface area (Å²) < 4.78 is 11.7. The predicted molar refractivity (Wildman–Crippen MR) is 128 cm³/mol. The molecule has 1 heterocycles. The molecule has 1 unspecified atom stereocenters. The molecule has 0 aliphatic carbocycles. The van der Waals surface area contributed by atoms with Crippen LogP contribution in [0.1, 0.15) is 53.5 Å². The molecule has 7 heteroatoms. The van der Waals surface area contributed by atoms with Crippen LogP contribution in [0.2, 0.25) is 0 Å². The molecular weight excluding hydrogens is 412 g/mol. The number of aryl methyl sites for hydroxylation is 2. The number of hydrogen-bond donors (Lipinski definition) is 3. The monoisotopic (exact) mass is 446 g/mol. The number of aliphatic hydroxyl groups excluding tert-OH is 2. The van der Waals surface area contributed by atoms with Crippen molar-refractivity contribution in [3.8, 4) is 5.75 Å². The zero-order valence-electron chi connectivity index (χ0n) is 19.1. The number of hydrogen-bond acceptors (Lipinski definition) is 7. The minimum atomic E-state index is -0.917. The van der Waals surface area contributed by atoms with Gasteiger partial charge in [0.1, 0.15) is 24.2 Å². The lowest BCUT2D eigenvalue weighted by Gasteiger charge is -2.17. The Bertz CT molecular complexity index is 911. The lowest BCUT2D eigenvalue weighted by molar-refractivity contribution is 0.0532. The summed E-state index contributed by atoms with van der Waals surface area (Å²) in [4.78, 5) is 0.938. The zero-order chi connectivity index (χ0) is 23.1. The summed E-state index contributed by atoms with van der Waals surface area (Å²) in [5, 5.41) is 24.6. The molecule has 4 N–H and O–H groups in total. The van der Waals surface area contributed by atoms with Crippen molar-refractivity contribution < 1.29 is 19.7 Å². The molecule has 0 amide bonds. The molecule has 2 rings (SSSR count). The van der Waals surface area contributed by atoms with E-state index in [4.69, 9.17) is 20.4 Å². The van der Waals surface area contributed by atoms with Gasteiger partial charge in [0.25, 0.3) is 5.90 Å². The average molecular weight is 447 g/mol. The zero-order valence-corrected chi connectivity index (χ0v) is 19.9. The normalized spacial score (nSPS) is 12.8. The van der Waals surface area contributed by atoms with Gasteiger partial charge in [-0.2, -0.15) is 0 Å². The van der Waals surface area contributed by atoms with Crippen LogP contribution in [0.15, 0.2) is 29.2 Å². The van der Waals surface area contributed by atoms with E-state index in [9.17, 15) is 5.11 Å². The molecular formula is C24H34N2O4S. The Balaban J connectivity index is 2.23. The van der Waals surface area contributed by atoms with Crippen LogP contribution < -0.4 is 10.6 Å². The SMILES string of the molecule is C=C(O/C(=N\N)c1scc(CC(C)C)c1CC)c1cc(C)c(OCC(O)CO)c(C)c1. The highest BCUT2D eigenvalue weighted by Crippen LogP contribution is 2.31. The first-order chi connectivity index (χ1) is 14.7. The highest BCUT2D eigenvalue weighted by atomic mass is 32.1. The Labute approximate surface area is 189 Å². The molecule has 0 spiro atoms. The largest absolute Gasteiger partial charge is 0.490 e. The fourth-order valence-corrected chi connectivity index (χ4v) is 4.59. The molecule has 0 saturated carbocycles. The van der Waals surface area contributed by atoms with Crippen molar-refractivity contribution in [3.05, 3.63) is 56.8 Å². The maximum absolute atomic E-state index is 9.54. The molecule has 170 valence electrons. The van der Waals surface area contributed by atoms with Gasteiger partial charge in [0.2, 0.25) is 0 Å². The van der Waals surface area contributed by atoms with Crippen LogP contribution >= 0.6 is 11.3 Å². The molecule has 6 nitrogen and oxygen atoms in total. The third kappa shape index (κ3) is 6.32. The van der Waals surface area contributed by atoms with Gasteiger partial charge < -0.3 is 25.5 Å². The maximum Gasteiger partial charge on any atom is 0.253 e. The third-order valence-electron chi connectivity index (χ3n) is 4.91. The third-order valence-corrected chi connectivity index (χ3v) is 5.97. The molecule has 1 aromatic heterocycles. The van der Waals surface area contributed by atoms with Gasteiger partial charge in [-0.3, -0.25) is 0 Å². The molecule has 31 heavy (non-hydrogen) atoms. The van der Waals surface area contributed by atoms with Gasteiger partial charge in [-0.05, 0) is 72.4 Å². The van der Waals surface area contributed by atoms with Crippen LogP contribution in [0.4, 0.5) is 0 Å². The highest BCUT2D eigenvalue weighted by Gasteiger charge is 2.19. The topological polar surface area (TPSA) is 97.3 Å². The second kappa shape index (κ2) is 11.3. The van der Waals surface area contributed by atoms with E-state index >= 15 is 0 Å². The Morgan fingerprint density at radius 1 is 1.26 bits per heavy atom. The number of ether oxygens (including phenoxy) is 2. The van der Waals surface area contributed by atoms with E-state index in [1.807, 2.05) is 26.0 Å². The van der Waals surface area contributed by atoms with Crippen LogP contribution in [-0.2, 0) is 17.6 Å². The molecule has 1 atom stereocenters. The number of hydrazone groups is 1. The van der Waals surface area contributed by atoms with Gasteiger partial charge in [-0.15, -0.1) is 16.4 Å². The van der Waals surface area contributed by atoms with Crippen LogP contribution in [0.25, 0.3) is 5.76 Å². The highest BCUT2D eigenvalue weighted by molar-refractivity contribution is 7.12. The summed E-state index contributed by atoms with van der Waals surface area (Å²) in [6.45, 7) is 14.1. The molecule has 2 aromatic rings. The number of benzene rings is 1. The Hall–Kier alpha value is -2.35. The molecule has 0 fully saturated rings. The Morgan fingerprint density at radius 3 is 2.42 bits per heavy atom. The van der Waals surface area contributed by atoms with E-state index in [1.165, 1.54) is 11.1 Å². The van der Waals surface area contributed by atoms with E-state index in [1.54, 1.807) is 11.3 Å². The van der Waals surface area contributed by atoms with Crippen LogP contribution in [0.3, 0.4) is 0 Å². The summed E-state index contributed by atoms with van der Waals surface area (Å²) >= 11 is 1.59. The molecule has 0 bridgehead atoms. The van der Waals surface area contributed by atoms with Crippen LogP contribution in [0, 0.1) is 19.8 Å². The Kier molecular flexibility index (Phi) is 9.10. The second-order valence-corrected chi connectivity index (χ2v) is 8.95. The van der Waals surface area contributed by atoms with E-state index in [-0.39, 0.29) is 13.2 Å². The quantitative estimate of drug-likeness (QED) is 0.167. The molecule has 0 aliphatic heterocycles. The van der Waals surface area contributed by atoms with E-state index in [0.29, 0.717) is 23.3 Å². The van der Waals surface area contributed by atoms with Crippen molar-refractivity contribution in [2.24, 2.45) is 16.9 Å². The summed E-state index contributed by atoms with van der Waals surface area (Å²) in [7, 11) is 0. The number of aliphatic hydroxyl groups is 2. The summed E-state index contributed by atoms with van der Waals surface area (Å²) in [6.07, 6.45) is 0.961. The van der Waals surface area contributed by atoms with Crippen molar-refractivity contribution in [2.75, 3.05) is 13.2 Å². The minimum Gasteiger partial charge on any atom is -0.490 e.